The van der Waals surface area contributed by atoms with Gasteiger partial charge in [-0.1, -0.05) is 29.8 Å². The molecule has 0 saturated carbocycles. The normalized spacial score (nSPS) is 19.6. The molecule has 1 amide bonds. The highest BCUT2D eigenvalue weighted by Gasteiger charge is 2.30. The van der Waals surface area contributed by atoms with Gasteiger partial charge in [-0.2, -0.15) is 0 Å². The Kier molecular flexibility index (Phi) is 3.83. The van der Waals surface area contributed by atoms with Crippen molar-refractivity contribution in [3.63, 3.8) is 0 Å². The minimum absolute atomic E-state index is 0.192. The molecule has 0 bridgehead atoms. The number of ether oxygens (including phenoxy) is 1. The molecule has 0 aliphatic carbocycles. The van der Waals surface area contributed by atoms with Crippen molar-refractivity contribution in [3.05, 3.63) is 35.4 Å². The Balaban J connectivity index is 1.96. The van der Waals surface area contributed by atoms with Gasteiger partial charge in [0.05, 0.1) is 0 Å². The van der Waals surface area contributed by atoms with E-state index in [0.717, 1.165) is 19.5 Å². The van der Waals surface area contributed by atoms with E-state index in [4.69, 9.17) is 4.74 Å². The number of benzene rings is 1. The summed E-state index contributed by atoms with van der Waals surface area (Å²) in [6.07, 6.45) is 0.824. The van der Waals surface area contributed by atoms with Crippen molar-refractivity contribution in [2.75, 3.05) is 13.1 Å². The Morgan fingerprint density at radius 3 is 2.47 bits per heavy atom. The van der Waals surface area contributed by atoms with Crippen LogP contribution in [-0.4, -0.2) is 29.7 Å². The van der Waals surface area contributed by atoms with E-state index in [2.05, 4.69) is 31.2 Å². The molecule has 1 aromatic rings. The number of hydrogen-bond donors (Lipinski definition) is 0. The molecule has 1 aromatic carbocycles. The topological polar surface area (TPSA) is 29.5 Å². The molecule has 0 spiro atoms. The lowest BCUT2D eigenvalue weighted by atomic mass is 9.98. The lowest BCUT2D eigenvalue weighted by molar-refractivity contribution is 0.0292. The maximum atomic E-state index is 12.0. The van der Waals surface area contributed by atoms with Crippen molar-refractivity contribution in [1.29, 1.82) is 0 Å². The number of likely N-dealkylation sites (tertiary alicyclic amines) is 1. The summed E-state index contributed by atoms with van der Waals surface area (Å²) in [6, 6.07) is 8.59. The predicted octanol–water partition coefficient (Wildman–Crippen LogP) is 3.72. The summed E-state index contributed by atoms with van der Waals surface area (Å²) >= 11 is 0. The summed E-state index contributed by atoms with van der Waals surface area (Å²) in [5.41, 5.74) is 2.17. The molecule has 1 atom stereocenters. The van der Waals surface area contributed by atoms with Gasteiger partial charge in [0.25, 0.3) is 0 Å². The number of carbonyl (C=O) groups is 1. The second kappa shape index (κ2) is 5.24. The van der Waals surface area contributed by atoms with Gasteiger partial charge in [0.2, 0.25) is 0 Å². The summed E-state index contributed by atoms with van der Waals surface area (Å²) in [7, 11) is 0. The van der Waals surface area contributed by atoms with Crippen molar-refractivity contribution in [3.8, 4) is 0 Å². The van der Waals surface area contributed by atoms with E-state index in [0.29, 0.717) is 5.92 Å². The van der Waals surface area contributed by atoms with E-state index in [9.17, 15) is 4.79 Å². The summed E-state index contributed by atoms with van der Waals surface area (Å²) in [6.45, 7) is 9.34. The first kappa shape index (κ1) is 13.9. The van der Waals surface area contributed by atoms with Crippen LogP contribution in [0.25, 0.3) is 0 Å². The van der Waals surface area contributed by atoms with Gasteiger partial charge in [-0.3, -0.25) is 0 Å². The van der Waals surface area contributed by atoms with Gasteiger partial charge in [0.15, 0.2) is 0 Å². The fourth-order valence-corrected chi connectivity index (χ4v) is 2.36. The third-order valence-corrected chi connectivity index (χ3v) is 3.39. The standard InChI is InChI=1S/C16H23NO2/c1-12-5-7-13(8-6-12)14-9-10-17(11-14)15(18)19-16(2,3)4/h5-8,14H,9-11H2,1-4H3. The number of rotatable bonds is 1. The molecule has 0 aromatic heterocycles. The molecule has 1 saturated heterocycles. The molecule has 1 heterocycles. The number of amides is 1. The highest BCUT2D eigenvalue weighted by molar-refractivity contribution is 5.68. The summed E-state index contributed by atoms with van der Waals surface area (Å²) in [5.74, 6) is 0.438. The Morgan fingerprint density at radius 1 is 1.26 bits per heavy atom. The van der Waals surface area contributed by atoms with Crippen LogP contribution >= 0.6 is 0 Å². The van der Waals surface area contributed by atoms with E-state index in [1.165, 1.54) is 11.1 Å². The van der Waals surface area contributed by atoms with E-state index in [-0.39, 0.29) is 6.09 Å². The Labute approximate surface area is 115 Å². The minimum Gasteiger partial charge on any atom is -0.444 e. The van der Waals surface area contributed by atoms with Gasteiger partial charge >= 0.3 is 6.09 Å². The summed E-state index contributed by atoms with van der Waals surface area (Å²) in [5, 5.41) is 0. The van der Waals surface area contributed by atoms with E-state index in [1.54, 1.807) is 0 Å². The van der Waals surface area contributed by atoms with Crippen LogP contribution < -0.4 is 0 Å². The number of aryl methyl sites for hydroxylation is 1. The van der Waals surface area contributed by atoms with Crippen LogP contribution in [-0.2, 0) is 4.74 Å². The molecule has 1 aliphatic rings. The molecular formula is C16H23NO2. The molecule has 3 nitrogen and oxygen atoms in total. The molecule has 1 fully saturated rings. The molecular weight excluding hydrogens is 238 g/mol. The maximum Gasteiger partial charge on any atom is 0.410 e. The predicted molar refractivity (Wildman–Crippen MR) is 76.3 cm³/mol. The SMILES string of the molecule is Cc1ccc(C2CCN(C(=O)OC(C)(C)C)C2)cc1. The quantitative estimate of drug-likeness (QED) is 0.771. The van der Waals surface area contributed by atoms with Crippen LogP contribution in [0, 0.1) is 6.92 Å². The number of carbonyl (C=O) groups excluding carboxylic acids is 1. The van der Waals surface area contributed by atoms with Crippen LogP contribution in [0.1, 0.15) is 44.2 Å². The van der Waals surface area contributed by atoms with E-state index in [1.807, 2.05) is 25.7 Å². The van der Waals surface area contributed by atoms with Gasteiger partial charge in [-0.25, -0.2) is 4.79 Å². The van der Waals surface area contributed by atoms with Crippen molar-refractivity contribution in [2.45, 2.75) is 45.6 Å². The minimum atomic E-state index is -0.418. The van der Waals surface area contributed by atoms with Gasteiger partial charge in [-0.05, 0) is 39.7 Å². The Hall–Kier alpha value is -1.51. The largest absolute Gasteiger partial charge is 0.444 e. The third-order valence-electron chi connectivity index (χ3n) is 3.39. The highest BCUT2D eigenvalue weighted by Crippen LogP contribution is 2.28. The zero-order valence-electron chi connectivity index (χ0n) is 12.3. The zero-order valence-corrected chi connectivity index (χ0v) is 12.3. The average molecular weight is 261 g/mol. The molecule has 1 aliphatic heterocycles. The smallest absolute Gasteiger partial charge is 0.410 e. The second-order valence-corrected chi connectivity index (χ2v) is 6.32. The summed E-state index contributed by atoms with van der Waals surface area (Å²) in [4.78, 5) is 13.8. The van der Waals surface area contributed by atoms with Crippen molar-refractivity contribution < 1.29 is 9.53 Å². The fourth-order valence-electron chi connectivity index (χ4n) is 2.36. The number of hydrogen-bond acceptors (Lipinski definition) is 2. The molecule has 0 radical (unpaired) electrons. The molecule has 2 rings (SSSR count). The first-order chi connectivity index (χ1) is 8.85. The fraction of sp³-hybridized carbons (Fsp3) is 0.562. The lowest BCUT2D eigenvalue weighted by Crippen LogP contribution is -2.35. The molecule has 104 valence electrons. The summed E-state index contributed by atoms with van der Waals surface area (Å²) < 4.78 is 5.41. The van der Waals surface area contributed by atoms with Crippen molar-refractivity contribution in [1.82, 2.24) is 4.90 Å². The molecule has 19 heavy (non-hydrogen) atoms. The van der Waals surface area contributed by atoms with Crippen LogP contribution in [0.5, 0.6) is 0 Å². The van der Waals surface area contributed by atoms with Gasteiger partial charge < -0.3 is 9.64 Å². The monoisotopic (exact) mass is 261 g/mol. The molecule has 0 N–H and O–H groups in total. The molecule has 1 unspecified atom stereocenters. The van der Waals surface area contributed by atoms with Crippen LogP contribution in [0.2, 0.25) is 0 Å². The Bertz CT molecular complexity index is 445. The maximum absolute atomic E-state index is 12.0. The van der Waals surface area contributed by atoms with E-state index >= 15 is 0 Å². The van der Waals surface area contributed by atoms with Crippen LogP contribution in [0.3, 0.4) is 0 Å². The highest BCUT2D eigenvalue weighted by atomic mass is 16.6. The Morgan fingerprint density at radius 2 is 1.89 bits per heavy atom. The second-order valence-electron chi connectivity index (χ2n) is 6.32. The van der Waals surface area contributed by atoms with Crippen molar-refractivity contribution >= 4 is 6.09 Å². The van der Waals surface area contributed by atoms with Crippen LogP contribution in [0.4, 0.5) is 4.79 Å². The van der Waals surface area contributed by atoms with Gasteiger partial charge in [0, 0.05) is 19.0 Å². The average Bonchev–Trinajstić information content (AvgIpc) is 2.77. The third kappa shape index (κ3) is 3.72. The van der Waals surface area contributed by atoms with Gasteiger partial charge in [-0.15, -0.1) is 0 Å². The van der Waals surface area contributed by atoms with Crippen LogP contribution in [0.15, 0.2) is 24.3 Å². The first-order valence-electron chi connectivity index (χ1n) is 6.89. The number of nitrogens with zero attached hydrogens (tertiary/aromatic N) is 1. The van der Waals surface area contributed by atoms with E-state index < -0.39 is 5.60 Å². The zero-order chi connectivity index (χ0) is 14.0. The lowest BCUT2D eigenvalue weighted by Gasteiger charge is -2.24. The first-order valence-corrected chi connectivity index (χ1v) is 6.89. The van der Waals surface area contributed by atoms with Crippen molar-refractivity contribution in [2.24, 2.45) is 0 Å². The molecule has 3 heteroatoms. The van der Waals surface area contributed by atoms with Gasteiger partial charge in [0.1, 0.15) is 5.60 Å².